The molecule has 0 unspecified atom stereocenters. The summed E-state index contributed by atoms with van der Waals surface area (Å²) in [4.78, 5) is 49.5. The van der Waals surface area contributed by atoms with Crippen LogP contribution in [-0.4, -0.2) is 71.5 Å². The Morgan fingerprint density at radius 3 is 2.17 bits per heavy atom. The molecule has 164 valence electrons. The first kappa shape index (κ1) is 23.5. The molecule has 1 aromatic carbocycles. The molecule has 1 aliphatic heterocycles. The van der Waals surface area contributed by atoms with Gasteiger partial charge in [-0.1, -0.05) is 12.1 Å². The van der Waals surface area contributed by atoms with Gasteiger partial charge in [0, 0.05) is 32.6 Å². The third-order valence-electron chi connectivity index (χ3n) is 4.32. The van der Waals surface area contributed by atoms with Crippen LogP contribution in [0.4, 0.5) is 9.59 Å². The lowest BCUT2D eigenvalue weighted by Gasteiger charge is -2.32. The fraction of sp³-hybridized carbons (Fsp3) is 0.500. The molecule has 0 saturated carbocycles. The Bertz CT molecular complexity index is 770. The van der Waals surface area contributed by atoms with Crippen molar-refractivity contribution in [2.45, 2.75) is 38.8 Å². The van der Waals surface area contributed by atoms with Gasteiger partial charge in [-0.25, -0.2) is 9.59 Å². The number of ether oxygens (including phenoxy) is 2. The van der Waals surface area contributed by atoms with Crippen molar-refractivity contribution in [2.24, 2.45) is 0 Å². The zero-order chi connectivity index (χ0) is 22.3. The van der Waals surface area contributed by atoms with Crippen molar-refractivity contribution in [1.29, 1.82) is 0 Å². The Balaban J connectivity index is 1.92. The van der Waals surface area contributed by atoms with Crippen molar-refractivity contribution >= 4 is 35.4 Å². The number of carbonyl (C=O) groups is 4. The summed E-state index contributed by atoms with van der Waals surface area (Å²) in [5.41, 5.74) is 0.0924. The molecule has 9 nitrogen and oxygen atoms in total. The van der Waals surface area contributed by atoms with E-state index in [0.717, 1.165) is 5.56 Å². The number of esters is 1. The molecule has 0 radical (unpaired) electrons. The van der Waals surface area contributed by atoms with Gasteiger partial charge in [0.2, 0.25) is 6.41 Å². The molecule has 1 atom stereocenters. The van der Waals surface area contributed by atoms with Gasteiger partial charge in [0.15, 0.2) is 0 Å². The van der Waals surface area contributed by atoms with E-state index in [1.165, 1.54) is 9.80 Å². The van der Waals surface area contributed by atoms with Gasteiger partial charge in [-0.05, 0) is 50.1 Å². The van der Waals surface area contributed by atoms with E-state index in [4.69, 9.17) is 21.1 Å². The van der Waals surface area contributed by atoms with Crippen LogP contribution in [0.15, 0.2) is 24.3 Å². The summed E-state index contributed by atoms with van der Waals surface area (Å²) in [6.45, 7) is 6.63. The number of piperazine rings is 1. The predicted octanol–water partition coefficient (Wildman–Crippen LogP) is 2.16. The van der Waals surface area contributed by atoms with Gasteiger partial charge < -0.3 is 24.6 Å². The molecule has 1 aliphatic rings. The largest absolute Gasteiger partial charge is 0.458 e. The number of halogens is 1. The second-order valence-electron chi connectivity index (χ2n) is 7.81. The molecule has 2 rings (SSSR count). The average Bonchev–Trinajstić information content (AvgIpc) is 2.67. The second-order valence-corrected chi connectivity index (χ2v) is 8.14. The van der Waals surface area contributed by atoms with Crippen LogP contribution in [0.25, 0.3) is 0 Å². The summed E-state index contributed by atoms with van der Waals surface area (Å²) in [6, 6.07) is 5.81. The standard InChI is InChI=1S/C20H26ClN3O6/c1-20(2,3)30-17(26)16(22-13-25)12-14-4-6-15(7-5-14)29-19(28)24-10-8-23(9-11-24)18(21)27/h4-7,13,16H,8-12H2,1-3H3,(H,22,25)/t16-/m0/s1. The third kappa shape index (κ3) is 7.22. The van der Waals surface area contributed by atoms with E-state index < -0.39 is 29.1 Å². The first-order valence-electron chi connectivity index (χ1n) is 9.51. The zero-order valence-electron chi connectivity index (χ0n) is 17.2. The van der Waals surface area contributed by atoms with E-state index in [2.05, 4.69) is 5.32 Å². The minimum Gasteiger partial charge on any atom is -0.458 e. The van der Waals surface area contributed by atoms with Gasteiger partial charge in [0.25, 0.3) is 0 Å². The maximum Gasteiger partial charge on any atom is 0.415 e. The highest BCUT2D eigenvalue weighted by Gasteiger charge is 2.26. The number of hydrogen-bond acceptors (Lipinski definition) is 6. The summed E-state index contributed by atoms with van der Waals surface area (Å²) in [5.74, 6) is -0.184. The monoisotopic (exact) mass is 439 g/mol. The SMILES string of the molecule is CC(C)(C)OC(=O)[C@H](Cc1ccc(OC(=O)N2CCN(C(=O)Cl)CC2)cc1)NC=O. The van der Waals surface area contributed by atoms with E-state index in [1.807, 2.05) is 0 Å². The van der Waals surface area contributed by atoms with Crippen LogP contribution >= 0.6 is 11.6 Å². The minimum atomic E-state index is -0.823. The molecule has 3 amide bonds. The van der Waals surface area contributed by atoms with E-state index in [0.29, 0.717) is 38.3 Å². The Hall–Kier alpha value is -2.81. The van der Waals surface area contributed by atoms with Crippen LogP contribution < -0.4 is 10.1 Å². The highest BCUT2D eigenvalue weighted by molar-refractivity contribution is 6.62. The summed E-state index contributed by atoms with van der Waals surface area (Å²) in [6.07, 6.45) is 0.178. The Morgan fingerprint density at radius 1 is 1.10 bits per heavy atom. The van der Waals surface area contributed by atoms with Gasteiger partial charge >= 0.3 is 17.4 Å². The second kappa shape index (κ2) is 10.3. The van der Waals surface area contributed by atoms with Crippen molar-refractivity contribution in [1.82, 2.24) is 15.1 Å². The van der Waals surface area contributed by atoms with Crippen LogP contribution in [0, 0.1) is 0 Å². The van der Waals surface area contributed by atoms with E-state index in [-0.39, 0.29) is 6.42 Å². The molecule has 1 N–H and O–H groups in total. The molecule has 10 heteroatoms. The number of nitrogens with zero attached hydrogens (tertiary/aromatic N) is 2. The predicted molar refractivity (Wildman–Crippen MR) is 109 cm³/mol. The molecule has 1 saturated heterocycles. The van der Waals surface area contributed by atoms with Gasteiger partial charge in [-0.3, -0.25) is 9.59 Å². The van der Waals surface area contributed by atoms with Gasteiger partial charge in [0.1, 0.15) is 17.4 Å². The Labute approximate surface area is 180 Å². The van der Waals surface area contributed by atoms with Crippen molar-refractivity contribution < 1.29 is 28.7 Å². The number of amides is 3. The molecule has 30 heavy (non-hydrogen) atoms. The Morgan fingerprint density at radius 2 is 1.67 bits per heavy atom. The van der Waals surface area contributed by atoms with Crippen LogP contribution in [0.5, 0.6) is 5.75 Å². The third-order valence-corrected chi connectivity index (χ3v) is 4.55. The summed E-state index contributed by atoms with van der Waals surface area (Å²) < 4.78 is 10.7. The van der Waals surface area contributed by atoms with Crippen molar-refractivity contribution in [2.75, 3.05) is 26.2 Å². The highest BCUT2D eigenvalue weighted by Crippen LogP contribution is 2.17. The normalized spacial score (nSPS) is 15.2. The van der Waals surface area contributed by atoms with Crippen LogP contribution in [0.1, 0.15) is 26.3 Å². The fourth-order valence-corrected chi connectivity index (χ4v) is 2.99. The van der Waals surface area contributed by atoms with E-state index in [1.54, 1.807) is 45.0 Å². The molecule has 0 aromatic heterocycles. The average molecular weight is 440 g/mol. The first-order valence-corrected chi connectivity index (χ1v) is 9.89. The molecule has 0 aliphatic carbocycles. The lowest BCUT2D eigenvalue weighted by molar-refractivity contribution is -0.158. The smallest absolute Gasteiger partial charge is 0.415 e. The molecule has 0 bridgehead atoms. The van der Waals surface area contributed by atoms with Gasteiger partial charge in [0.05, 0.1) is 0 Å². The summed E-state index contributed by atoms with van der Waals surface area (Å²) >= 11 is 5.43. The molecular weight excluding hydrogens is 414 g/mol. The molecule has 1 aromatic rings. The van der Waals surface area contributed by atoms with Crippen LogP contribution in [0.2, 0.25) is 0 Å². The molecule has 1 heterocycles. The van der Waals surface area contributed by atoms with E-state index in [9.17, 15) is 19.2 Å². The summed E-state index contributed by atoms with van der Waals surface area (Å²) in [7, 11) is 0. The molecule has 1 fully saturated rings. The highest BCUT2D eigenvalue weighted by atomic mass is 35.5. The Kier molecular flexibility index (Phi) is 8.05. The zero-order valence-corrected chi connectivity index (χ0v) is 18.0. The number of rotatable bonds is 6. The maximum atomic E-state index is 12.3. The van der Waals surface area contributed by atoms with Crippen molar-refractivity contribution in [3.8, 4) is 5.75 Å². The number of carbonyl (C=O) groups excluding carboxylic acids is 4. The molecule has 0 spiro atoms. The molecular formula is C20H26ClN3O6. The quantitative estimate of drug-likeness (QED) is 0.315. The van der Waals surface area contributed by atoms with Crippen molar-refractivity contribution in [3.05, 3.63) is 29.8 Å². The van der Waals surface area contributed by atoms with Crippen LogP contribution in [0.3, 0.4) is 0 Å². The summed E-state index contributed by atoms with van der Waals surface area (Å²) in [5, 5.41) is 1.94. The maximum absolute atomic E-state index is 12.3. The lowest BCUT2D eigenvalue weighted by atomic mass is 10.1. The number of benzene rings is 1. The topological polar surface area (TPSA) is 105 Å². The number of hydrogen-bond donors (Lipinski definition) is 1. The number of nitrogens with one attached hydrogen (secondary N) is 1. The first-order chi connectivity index (χ1) is 14.1. The van der Waals surface area contributed by atoms with Gasteiger partial charge in [-0.2, -0.15) is 0 Å². The fourth-order valence-electron chi connectivity index (χ4n) is 2.82. The minimum absolute atomic E-state index is 0.232. The van der Waals surface area contributed by atoms with Crippen LogP contribution in [-0.2, 0) is 20.7 Å². The van der Waals surface area contributed by atoms with E-state index >= 15 is 0 Å². The van der Waals surface area contributed by atoms with Gasteiger partial charge in [-0.15, -0.1) is 0 Å². The van der Waals surface area contributed by atoms with Crippen molar-refractivity contribution in [3.63, 3.8) is 0 Å². The lowest BCUT2D eigenvalue weighted by Crippen LogP contribution is -2.50.